The molecule has 1 heterocycles. The van der Waals surface area contributed by atoms with Gasteiger partial charge >= 0.3 is 0 Å². The van der Waals surface area contributed by atoms with Crippen LogP contribution in [0.3, 0.4) is 0 Å². The number of pyridine rings is 1. The maximum atomic E-state index is 12.9. The Kier molecular flexibility index (Phi) is 5.71. The van der Waals surface area contributed by atoms with E-state index < -0.39 is 0 Å². The smallest absolute Gasteiger partial charge is 0.202 e. The molecule has 1 aliphatic rings. The number of H-pyrrole nitrogens is 1. The van der Waals surface area contributed by atoms with E-state index in [2.05, 4.69) is 27.0 Å². The number of rotatable bonds is 4. The van der Waals surface area contributed by atoms with Crippen LogP contribution in [-0.4, -0.2) is 10.8 Å². The summed E-state index contributed by atoms with van der Waals surface area (Å²) in [5.74, 6) is 0.230. The van der Waals surface area contributed by atoms with Crippen molar-refractivity contribution in [2.24, 2.45) is 0 Å². The first-order valence-corrected chi connectivity index (χ1v) is 10.0. The quantitative estimate of drug-likeness (QED) is 0.573. The summed E-state index contributed by atoms with van der Waals surface area (Å²) in [7, 11) is 0. The number of hydrogen-bond acceptors (Lipinski definition) is 4. The van der Waals surface area contributed by atoms with Gasteiger partial charge in [-0.25, -0.2) is 0 Å². The number of carbonyl (C=O) groups excluding carboxylic acids is 1. The third-order valence-corrected chi connectivity index (χ3v) is 6.31. The van der Waals surface area contributed by atoms with E-state index in [1.54, 1.807) is 12.1 Å². The molecule has 3 rings (SSSR count). The van der Waals surface area contributed by atoms with Gasteiger partial charge in [0.1, 0.15) is 0 Å². The van der Waals surface area contributed by atoms with Crippen LogP contribution >= 0.6 is 39.3 Å². The van der Waals surface area contributed by atoms with Gasteiger partial charge in [-0.15, -0.1) is 11.8 Å². The number of aromatic amines is 1. The van der Waals surface area contributed by atoms with Gasteiger partial charge in [0.2, 0.25) is 5.43 Å². The Balaban J connectivity index is 2.12. The van der Waals surface area contributed by atoms with Crippen molar-refractivity contribution in [3.05, 3.63) is 61.7 Å². The third kappa shape index (κ3) is 3.66. The summed E-state index contributed by atoms with van der Waals surface area (Å²) in [4.78, 5) is 28.3. The van der Waals surface area contributed by atoms with Gasteiger partial charge in [0.25, 0.3) is 0 Å². The monoisotopic (exact) mass is 448 g/mol. The minimum Gasteiger partial charge on any atom is -0.348 e. The fraction of sp³-hybridized carbons (Fsp3) is 0.211. The Labute approximate surface area is 167 Å². The maximum Gasteiger partial charge on any atom is 0.202 e. The zero-order valence-electron chi connectivity index (χ0n) is 13.9. The second-order valence-corrected chi connectivity index (χ2v) is 8.27. The van der Waals surface area contributed by atoms with Gasteiger partial charge in [0.05, 0.1) is 32.8 Å². The topological polar surface area (TPSA) is 73.7 Å². The molecule has 0 aliphatic heterocycles. The van der Waals surface area contributed by atoms with Crippen LogP contribution < -0.4 is 16.0 Å². The normalized spacial score (nSPS) is 13.3. The van der Waals surface area contributed by atoms with E-state index in [4.69, 9.17) is 16.9 Å². The number of nitriles is 1. The van der Waals surface area contributed by atoms with E-state index >= 15 is 0 Å². The van der Waals surface area contributed by atoms with Crippen molar-refractivity contribution in [2.45, 2.75) is 30.5 Å². The molecule has 1 aliphatic carbocycles. The van der Waals surface area contributed by atoms with Crippen molar-refractivity contribution in [1.82, 2.24) is 4.98 Å². The van der Waals surface area contributed by atoms with Crippen LogP contribution in [-0.2, 0) is 5.75 Å². The molecule has 0 bridgehead atoms. The lowest BCUT2D eigenvalue weighted by molar-refractivity contribution is 0.101. The van der Waals surface area contributed by atoms with E-state index in [0.29, 0.717) is 44.8 Å². The average molecular weight is 450 g/mol. The summed E-state index contributed by atoms with van der Waals surface area (Å²) in [5.41, 5.74) is 1.31. The summed E-state index contributed by atoms with van der Waals surface area (Å²) in [5, 5.41) is 11.0. The molecular formula is C19H14BrClN2O2S. The van der Waals surface area contributed by atoms with Crippen molar-refractivity contribution in [2.75, 3.05) is 0 Å². The molecule has 1 aromatic heterocycles. The van der Waals surface area contributed by atoms with Crippen molar-refractivity contribution in [3.8, 4) is 6.07 Å². The Morgan fingerprint density at radius 2 is 2.19 bits per heavy atom. The van der Waals surface area contributed by atoms with Gasteiger partial charge in [-0.1, -0.05) is 39.7 Å². The predicted molar refractivity (Wildman–Crippen MR) is 108 cm³/mol. The van der Waals surface area contributed by atoms with Gasteiger partial charge in [-0.2, -0.15) is 5.26 Å². The molecule has 7 heteroatoms. The van der Waals surface area contributed by atoms with Crippen LogP contribution in [0.5, 0.6) is 0 Å². The summed E-state index contributed by atoms with van der Waals surface area (Å²) in [6, 6.07) is 9.36. The Morgan fingerprint density at radius 1 is 1.42 bits per heavy atom. The standard InChI is InChI=1S/C19H14BrClN2O2S/c1-10(24)15-18(25)16-14(21)6-5-13(20)17(16)23-19(15)26-9-12-4-2-3-11(7-12)8-22/h2-4,7,23H,5-6,9H2,1H3. The van der Waals surface area contributed by atoms with Gasteiger partial charge < -0.3 is 4.98 Å². The molecule has 0 saturated heterocycles. The molecule has 0 amide bonds. The highest BCUT2D eigenvalue weighted by Crippen LogP contribution is 2.25. The highest BCUT2D eigenvalue weighted by atomic mass is 79.9. The number of nitrogens with zero attached hydrogens (tertiary/aromatic N) is 1. The summed E-state index contributed by atoms with van der Waals surface area (Å²) in [6.07, 6.45) is 1.28. The van der Waals surface area contributed by atoms with Gasteiger partial charge in [0.15, 0.2) is 5.78 Å². The van der Waals surface area contributed by atoms with E-state index in [0.717, 1.165) is 10.0 Å². The number of ketones is 1. The second-order valence-electron chi connectivity index (χ2n) is 5.88. The van der Waals surface area contributed by atoms with Crippen LogP contribution in [0.4, 0.5) is 0 Å². The number of aromatic nitrogens is 1. The average Bonchev–Trinajstić information content (AvgIpc) is 2.62. The predicted octanol–water partition coefficient (Wildman–Crippen LogP) is 3.39. The zero-order valence-corrected chi connectivity index (χ0v) is 17.0. The number of thioether (sulfide) groups is 1. The molecule has 26 heavy (non-hydrogen) atoms. The van der Waals surface area contributed by atoms with E-state index in [-0.39, 0.29) is 16.8 Å². The van der Waals surface area contributed by atoms with Crippen LogP contribution in [0, 0.1) is 11.3 Å². The first kappa shape index (κ1) is 19.0. The van der Waals surface area contributed by atoms with E-state index in [9.17, 15) is 9.59 Å². The number of benzene rings is 1. The van der Waals surface area contributed by atoms with Crippen molar-refractivity contribution in [3.63, 3.8) is 0 Å². The number of carbonyl (C=O) groups is 1. The number of nitrogens with one attached hydrogen (secondary N) is 1. The van der Waals surface area contributed by atoms with Gasteiger partial charge in [0, 0.05) is 15.3 Å². The molecule has 0 saturated carbocycles. The van der Waals surface area contributed by atoms with E-state index in [1.165, 1.54) is 18.7 Å². The second kappa shape index (κ2) is 7.83. The molecule has 0 unspecified atom stereocenters. The Hall–Kier alpha value is -1.81. The summed E-state index contributed by atoms with van der Waals surface area (Å²) in [6.45, 7) is 1.38. The largest absolute Gasteiger partial charge is 0.348 e. The molecule has 0 fully saturated rings. The first-order valence-electron chi connectivity index (χ1n) is 7.88. The Morgan fingerprint density at radius 3 is 2.88 bits per heavy atom. The minimum atomic E-state index is -0.332. The van der Waals surface area contributed by atoms with Crippen LogP contribution in [0.1, 0.15) is 41.3 Å². The van der Waals surface area contributed by atoms with Gasteiger partial charge in [-0.3, -0.25) is 9.59 Å². The molecule has 0 radical (unpaired) electrons. The SMILES string of the molecule is CC(=O)c1c(SCc2cccc(C#N)c2)[nH]c2c(c1=O)=C(Cl)CCC=2Br. The molecule has 0 spiro atoms. The molecule has 1 N–H and O–H groups in total. The fourth-order valence-corrected chi connectivity index (χ4v) is 4.64. The highest BCUT2D eigenvalue weighted by Gasteiger charge is 2.19. The molecule has 4 nitrogen and oxygen atoms in total. The number of fused-ring (bicyclic) bond motifs is 1. The fourth-order valence-electron chi connectivity index (χ4n) is 2.83. The van der Waals surface area contributed by atoms with Crippen LogP contribution in [0.25, 0.3) is 9.51 Å². The van der Waals surface area contributed by atoms with Crippen molar-refractivity contribution >= 4 is 54.6 Å². The lowest BCUT2D eigenvalue weighted by atomic mass is 10.1. The molecular weight excluding hydrogens is 436 g/mol. The molecule has 132 valence electrons. The molecule has 0 atom stereocenters. The lowest BCUT2D eigenvalue weighted by Crippen LogP contribution is -2.47. The minimum absolute atomic E-state index is 0.130. The number of hydrogen-bond donors (Lipinski definition) is 1. The van der Waals surface area contributed by atoms with E-state index in [1.807, 2.05) is 12.1 Å². The van der Waals surface area contributed by atoms with Crippen LogP contribution in [0.2, 0.25) is 0 Å². The number of Topliss-reactive ketones (excluding diaryl/α,β-unsaturated/α-hetero) is 1. The Bertz CT molecular complexity index is 1130. The third-order valence-electron chi connectivity index (χ3n) is 4.07. The van der Waals surface area contributed by atoms with Gasteiger partial charge in [-0.05, 0) is 37.5 Å². The summed E-state index contributed by atoms with van der Waals surface area (Å²) < 4.78 is 0.873. The maximum absolute atomic E-state index is 12.9. The summed E-state index contributed by atoms with van der Waals surface area (Å²) >= 11 is 11.1. The first-order chi connectivity index (χ1) is 12.4. The number of halogens is 2. The van der Waals surface area contributed by atoms with Crippen molar-refractivity contribution in [1.29, 1.82) is 5.26 Å². The lowest BCUT2D eigenvalue weighted by Gasteiger charge is -2.13. The molecule has 2 aromatic rings. The highest BCUT2D eigenvalue weighted by molar-refractivity contribution is 9.14. The van der Waals surface area contributed by atoms with Crippen molar-refractivity contribution < 1.29 is 4.79 Å². The zero-order chi connectivity index (χ0) is 18.8. The van der Waals surface area contributed by atoms with Crippen LogP contribution in [0.15, 0.2) is 34.1 Å². The molecule has 1 aromatic carbocycles.